The number of hydrogen-bond donors (Lipinski definition) is 0. The maximum absolute atomic E-state index is 4.95. The molecule has 0 spiro atoms. The molecule has 0 radical (unpaired) electrons. The van der Waals surface area contributed by atoms with Gasteiger partial charge in [-0.3, -0.25) is 0 Å². The van der Waals surface area contributed by atoms with E-state index in [9.17, 15) is 0 Å². The van der Waals surface area contributed by atoms with Crippen LogP contribution in [0.1, 0.15) is 110 Å². The van der Waals surface area contributed by atoms with Crippen molar-refractivity contribution in [2.75, 3.05) is 5.75 Å². The molecule has 0 aliphatic rings. The van der Waals surface area contributed by atoms with Crippen LogP contribution in [0.15, 0.2) is 0 Å². The van der Waals surface area contributed by atoms with Crippen molar-refractivity contribution in [1.29, 1.82) is 0 Å². The molecule has 0 aliphatic heterocycles. The molecule has 20 heavy (non-hydrogen) atoms. The molecule has 0 fully saturated rings. The summed E-state index contributed by atoms with van der Waals surface area (Å²) in [5.74, 6) is 0.957. The Balaban J connectivity index is 0. The summed E-state index contributed by atoms with van der Waals surface area (Å²) in [6.07, 6.45) is 23.0. The van der Waals surface area contributed by atoms with Gasteiger partial charge in [0.1, 0.15) is 0 Å². The second kappa shape index (κ2) is 22.6. The van der Waals surface area contributed by atoms with Crippen LogP contribution in [0.25, 0.3) is 0 Å². The number of unbranched alkanes of at least 4 members (excludes halogenated alkanes) is 15. The smallest absolute Gasteiger partial charge is 0.793 e. The van der Waals surface area contributed by atoms with Crippen LogP contribution in [-0.4, -0.2) is 5.75 Å². The summed E-state index contributed by atoms with van der Waals surface area (Å²) in [4.78, 5) is 0. The van der Waals surface area contributed by atoms with Crippen LogP contribution in [0.2, 0.25) is 0 Å². The first-order valence-electron chi connectivity index (χ1n) is 9.00. The molecule has 0 saturated carbocycles. The zero-order valence-electron chi connectivity index (χ0n) is 14.4. The Labute approximate surface area is 157 Å². The van der Waals surface area contributed by atoms with Crippen molar-refractivity contribution >= 4 is 12.6 Å². The molecule has 0 nitrogen and oxygen atoms in total. The van der Waals surface area contributed by atoms with Crippen molar-refractivity contribution in [3.63, 3.8) is 0 Å². The van der Waals surface area contributed by atoms with Gasteiger partial charge in [-0.05, 0) is 0 Å². The van der Waals surface area contributed by atoms with Gasteiger partial charge >= 0.3 is 29.6 Å². The number of rotatable bonds is 16. The average molecular weight is 309 g/mol. The summed E-state index contributed by atoms with van der Waals surface area (Å²) >= 11 is 4.95. The van der Waals surface area contributed by atoms with Crippen LogP contribution in [0.5, 0.6) is 0 Å². The van der Waals surface area contributed by atoms with E-state index in [-0.39, 0.29) is 29.6 Å². The van der Waals surface area contributed by atoms with Crippen molar-refractivity contribution < 1.29 is 29.6 Å². The predicted molar refractivity (Wildman–Crippen MR) is 91.8 cm³/mol. The monoisotopic (exact) mass is 308 g/mol. The van der Waals surface area contributed by atoms with Gasteiger partial charge in [0, 0.05) is 0 Å². The molecule has 0 atom stereocenters. The molecule has 0 amide bonds. The predicted octanol–water partition coefficient (Wildman–Crippen LogP) is 3.80. The van der Waals surface area contributed by atoms with Crippen molar-refractivity contribution in [2.45, 2.75) is 110 Å². The molecule has 0 heterocycles. The number of hydrogen-bond acceptors (Lipinski definition) is 1. The van der Waals surface area contributed by atoms with Crippen LogP contribution >= 0.6 is 0 Å². The standard InChI is InChI=1S/C18H38S.Na/c1-2-3-4-5-6-7-8-9-10-11-12-13-14-15-16-17-18-19;/h19H,2-18H2,1H3;/q;+1/p-1. The normalized spacial score (nSPS) is 10.5. The molecule has 2 heteroatoms. The summed E-state index contributed by atoms with van der Waals surface area (Å²) in [5.41, 5.74) is 0. The summed E-state index contributed by atoms with van der Waals surface area (Å²) in [7, 11) is 0. The van der Waals surface area contributed by atoms with E-state index in [0.717, 1.165) is 5.75 Å². The minimum absolute atomic E-state index is 0. The topological polar surface area (TPSA) is 0 Å². The van der Waals surface area contributed by atoms with Crippen LogP contribution in [0.3, 0.4) is 0 Å². The van der Waals surface area contributed by atoms with Crippen molar-refractivity contribution in [3.05, 3.63) is 0 Å². The van der Waals surface area contributed by atoms with Crippen molar-refractivity contribution in [3.8, 4) is 0 Å². The molecule has 0 aliphatic carbocycles. The quantitative estimate of drug-likeness (QED) is 0.237. The molecular weight excluding hydrogens is 271 g/mol. The summed E-state index contributed by atoms with van der Waals surface area (Å²) < 4.78 is 0. The first-order valence-corrected chi connectivity index (χ1v) is 9.57. The Kier molecular flexibility index (Phi) is 26.7. The van der Waals surface area contributed by atoms with Gasteiger partial charge in [0.15, 0.2) is 0 Å². The summed E-state index contributed by atoms with van der Waals surface area (Å²) in [5, 5.41) is 0. The van der Waals surface area contributed by atoms with E-state index in [0.29, 0.717) is 0 Å². The maximum atomic E-state index is 4.95. The van der Waals surface area contributed by atoms with Gasteiger partial charge in [-0.25, -0.2) is 0 Å². The first-order chi connectivity index (χ1) is 9.41. The zero-order chi connectivity index (χ0) is 14.0. The van der Waals surface area contributed by atoms with Gasteiger partial charge in [-0.15, -0.1) is 0 Å². The second-order valence-corrected chi connectivity index (χ2v) is 6.42. The third-order valence-electron chi connectivity index (χ3n) is 4.00. The van der Waals surface area contributed by atoms with Crippen molar-refractivity contribution in [2.24, 2.45) is 0 Å². The second-order valence-electron chi connectivity index (χ2n) is 6.01. The van der Waals surface area contributed by atoms with E-state index in [4.69, 9.17) is 12.6 Å². The molecule has 0 rings (SSSR count). The average Bonchev–Trinajstić information content (AvgIpc) is 2.43. The Morgan fingerprint density at radius 2 is 0.700 bits per heavy atom. The SMILES string of the molecule is CCCCCCCCCCCCCCCCCC[S-].[Na+]. The van der Waals surface area contributed by atoms with Crippen LogP contribution in [0.4, 0.5) is 0 Å². The summed E-state index contributed by atoms with van der Waals surface area (Å²) in [6, 6.07) is 0. The molecule has 0 bridgehead atoms. The Morgan fingerprint density at radius 1 is 0.450 bits per heavy atom. The maximum Gasteiger partial charge on any atom is 1.00 e. The van der Waals surface area contributed by atoms with Crippen LogP contribution in [0, 0.1) is 0 Å². The fourth-order valence-electron chi connectivity index (χ4n) is 2.65. The summed E-state index contributed by atoms with van der Waals surface area (Å²) in [6.45, 7) is 2.29. The van der Waals surface area contributed by atoms with Crippen LogP contribution < -0.4 is 29.6 Å². The van der Waals surface area contributed by atoms with E-state index in [1.54, 1.807) is 0 Å². The Hall–Kier alpha value is 1.35. The van der Waals surface area contributed by atoms with E-state index in [1.807, 2.05) is 0 Å². The minimum Gasteiger partial charge on any atom is -0.793 e. The molecular formula is C18H37NaS. The van der Waals surface area contributed by atoms with Crippen molar-refractivity contribution in [1.82, 2.24) is 0 Å². The van der Waals surface area contributed by atoms with Gasteiger partial charge < -0.3 is 12.6 Å². The molecule has 0 aromatic heterocycles. The molecule has 0 unspecified atom stereocenters. The third-order valence-corrected chi connectivity index (χ3v) is 4.29. The van der Waals surface area contributed by atoms with Gasteiger partial charge in [0.2, 0.25) is 0 Å². The van der Waals surface area contributed by atoms with Gasteiger partial charge in [0.25, 0.3) is 0 Å². The minimum atomic E-state index is 0. The van der Waals surface area contributed by atoms with E-state index < -0.39 is 0 Å². The van der Waals surface area contributed by atoms with Gasteiger partial charge in [-0.2, -0.15) is 5.75 Å². The van der Waals surface area contributed by atoms with Gasteiger partial charge in [-0.1, -0.05) is 110 Å². The Bertz CT molecular complexity index is 134. The molecule has 0 N–H and O–H groups in total. The first kappa shape index (κ1) is 23.6. The fourth-order valence-corrected chi connectivity index (χ4v) is 2.85. The Morgan fingerprint density at radius 3 is 0.950 bits per heavy atom. The largest absolute Gasteiger partial charge is 1.00 e. The van der Waals surface area contributed by atoms with E-state index in [1.165, 1.54) is 103 Å². The third kappa shape index (κ3) is 21.6. The molecule has 0 aromatic carbocycles. The molecule has 0 aromatic rings. The zero-order valence-corrected chi connectivity index (χ0v) is 17.2. The molecule has 116 valence electrons. The fraction of sp³-hybridized carbons (Fsp3) is 1.00. The van der Waals surface area contributed by atoms with Gasteiger partial charge in [0.05, 0.1) is 0 Å². The van der Waals surface area contributed by atoms with E-state index >= 15 is 0 Å². The molecule has 0 saturated heterocycles. The van der Waals surface area contributed by atoms with E-state index in [2.05, 4.69) is 6.92 Å². The van der Waals surface area contributed by atoms with Crippen LogP contribution in [-0.2, 0) is 12.6 Å².